The maximum Gasteiger partial charge on any atom is 0.262 e. The number of likely N-dealkylation sites (tertiary alicyclic amines) is 2. The molecule has 132 valence electrons. The van der Waals surface area contributed by atoms with Crippen molar-refractivity contribution in [1.82, 2.24) is 9.80 Å². The Hall–Kier alpha value is -0.750. The zero-order valence-corrected chi connectivity index (χ0v) is 13.7. The highest BCUT2D eigenvalue weighted by Crippen LogP contribution is 2.35. The predicted molar refractivity (Wildman–Crippen MR) is 83.3 cm³/mol. The number of hydrogen-bond acceptors (Lipinski definition) is 3. The van der Waals surface area contributed by atoms with Gasteiger partial charge in [-0.1, -0.05) is 12.8 Å². The first-order valence-electron chi connectivity index (χ1n) is 9.01. The number of aliphatic hydroxyl groups excluding tert-OH is 1. The van der Waals surface area contributed by atoms with Crippen molar-refractivity contribution in [3.63, 3.8) is 0 Å². The minimum atomic E-state index is -2.69. The van der Waals surface area contributed by atoms with Crippen LogP contribution in [0.5, 0.6) is 0 Å². The number of amides is 1. The molecule has 1 atom stereocenters. The quantitative estimate of drug-likeness (QED) is 0.860. The second-order valence-corrected chi connectivity index (χ2v) is 7.54. The number of aliphatic hydroxyl groups is 1. The van der Waals surface area contributed by atoms with Gasteiger partial charge in [-0.15, -0.1) is 0 Å². The van der Waals surface area contributed by atoms with E-state index in [2.05, 4.69) is 0 Å². The average molecular weight is 330 g/mol. The third kappa shape index (κ3) is 4.02. The van der Waals surface area contributed by atoms with Crippen LogP contribution < -0.4 is 0 Å². The Kier molecular flexibility index (Phi) is 5.21. The topological polar surface area (TPSA) is 43.8 Å². The van der Waals surface area contributed by atoms with E-state index in [1.54, 1.807) is 4.90 Å². The molecule has 0 aromatic carbocycles. The fourth-order valence-corrected chi connectivity index (χ4v) is 4.56. The van der Waals surface area contributed by atoms with Crippen molar-refractivity contribution in [3.05, 3.63) is 0 Å². The number of carbonyl (C=O) groups is 1. The number of carbonyl (C=O) groups excluding carboxylic acids is 1. The second-order valence-electron chi connectivity index (χ2n) is 7.54. The summed E-state index contributed by atoms with van der Waals surface area (Å²) in [5.74, 6) is -1.90. The Bertz CT molecular complexity index is 419. The maximum atomic E-state index is 13.6. The molecule has 1 saturated carbocycles. The Balaban J connectivity index is 1.49. The highest BCUT2D eigenvalue weighted by molar-refractivity contribution is 5.76. The van der Waals surface area contributed by atoms with Crippen LogP contribution in [0.15, 0.2) is 0 Å². The molecule has 4 nitrogen and oxygen atoms in total. The van der Waals surface area contributed by atoms with Crippen LogP contribution in [-0.2, 0) is 4.79 Å². The summed E-state index contributed by atoms with van der Waals surface area (Å²) in [5.41, 5.74) is 0. The molecule has 2 heterocycles. The summed E-state index contributed by atoms with van der Waals surface area (Å²) in [6.07, 6.45) is 6.71. The number of rotatable bonds is 4. The summed E-state index contributed by atoms with van der Waals surface area (Å²) in [6.45, 7) is 0.863. The van der Waals surface area contributed by atoms with Crippen LogP contribution in [0.25, 0.3) is 0 Å². The van der Waals surface area contributed by atoms with Gasteiger partial charge in [0.25, 0.3) is 5.92 Å². The van der Waals surface area contributed by atoms with Crippen LogP contribution in [0.4, 0.5) is 8.78 Å². The molecular formula is C17H28F2N2O2. The molecule has 3 fully saturated rings. The zero-order valence-electron chi connectivity index (χ0n) is 13.7. The monoisotopic (exact) mass is 330 g/mol. The first-order valence-corrected chi connectivity index (χ1v) is 9.01. The van der Waals surface area contributed by atoms with Crippen molar-refractivity contribution in [2.45, 2.75) is 69.4 Å². The van der Waals surface area contributed by atoms with E-state index in [1.165, 1.54) is 25.7 Å². The molecule has 2 aliphatic heterocycles. The van der Waals surface area contributed by atoms with Gasteiger partial charge in [0.1, 0.15) is 0 Å². The summed E-state index contributed by atoms with van der Waals surface area (Å²) < 4.78 is 27.2. The van der Waals surface area contributed by atoms with Gasteiger partial charge >= 0.3 is 0 Å². The van der Waals surface area contributed by atoms with Crippen molar-refractivity contribution in [3.8, 4) is 0 Å². The average Bonchev–Trinajstić information content (AvgIpc) is 3.14. The Labute approximate surface area is 136 Å². The van der Waals surface area contributed by atoms with Crippen molar-refractivity contribution in [2.75, 3.05) is 26.2 Å². The van der Waals surface area contributed by atoms with Crippen molar-refractivity contribution in [2.24, 2.45) is 5.92 Å². The Morgan fingerprint density at radius 3 is 2.39 bits per heavy atom. The lowest BCUT2D eigenvalue weighted by Crippen LogP contribution is -2.49. The molecule has 3 rings (SSSR count). The third-order valence-corrected chi connectivity index (χ3v) is 5.85. The van der Waals surface area contributed by atoms with Crippen molar-refractivity contribution >= 4 is 5.91 Å². The van der Waals surface area contributed by atoms with Gasteiger partial charge in [-0.3, -0.25) is 9.69 Å². The van der Waals surface area contributed by atoms with Crippen LogP contribution in [0.3, 0.4) is 0 Å². The van der Waals surface area contributed by atoms with Crippen molar-refractivity contribution in [1.29, 1.82) is 0 Å². The molecule has 1 aliphatic carbocycles. The predicted octanol–water partition coefficient (Wildman–Crippen LogP) is 2.26. The first kappa shape index (κ1) is 17.1. The first-order chi connectivity index (χ1) is 11.0. The van der Waals surface area contributed by atoms with E-state index >= 15 is 0 Å². The van der Waals surface area contributed by atoms with E-state index < -0.39 is 12.0 Å². The normalized spacial score (nSPS) is 30.2. The van der Waals surface area contributed by atoms with Crippen LogP contribution in [-0.4, -0.2) is 65.1 Å². The van der Waals surface area contributed by atoms with E-state index in [9.17, 15) is 18.7 Å². The molecular weight excluding hydrogens is 302 g/mol. The molecule has 0 aromatic heterocycles. The largest absolute Gasteiger partial charge is 0.395 e. The fraction of sp³-hybridized carbons (Fsp3) is 0.941. The maximum absolute atomic E-state index is 13.6. The second kappa shape index (κ2) is 7.01. The Morgan fingerprint density at radius 1 is 1.13 bits per heavy atom. The van der Waals surface area contributed by atoms with Gasteiger partial charge in [0.2, 0.25) is 5.91 Å². The lowest BCUT2D eigenvalue weighted by atomic mass is 9.99. The molecule has 1 N–H and O–H groups in total. The highest BCUT2D eigenvalue weighted by Gasteiger charge is 2.47. The minimum Gasteiger partial charge on any atom is -0.395 e. The molecule has 6 heteroatoms. The van der Waals surface area contributed by atoms with Gasteiger partial charge in [-0.2, -0.15) is 0 Å². The molecule has 0 radical (unpaired) electrons. The van der Waals surface area contributed by atoms with E-state index in [1.807, 2.05) is 4.90 Å². The van der Waals surface area contributed by atoms with E-state index in [-0.39, 0.29) is 31.5 Å². The number of alkyl halides is 2. The smallest absolute Gasteiger partial charge is 0.262 e. The molecule has 1 amide bonds. The minimum absolute atomic E-state index is 0.0658. The summed E-state index contributed by atoms with van der Waals surface area (Å²) in [5, 5.41) is 9.36. The van der Waals surface area contributed by atoms with Gasteiger partial charge < -0.3 is 10.0 Å². The number of piperidine rings is 1. The molecule has 0 unspecified atom stereocenters. The van der Waals surface area contributed by atoms with Crippen LogP contribution >= 0.6 is 0 Å². The van der Waals surface area contributed by atoms with Gasteiger partial charge in [0.05, 0.1) is 13.2 Å². The number of hydrogen-bond donors (Lipinski definition) is 1. The van der Waals surface area contributed by atoms with Gasteiger partial charge in [0.15, 0.2) is 0 Å². The van der Waals surface area contributed by atoms with Gasteiger partial charge in [0, 0.05) is 38.0 Å². The van der Waals surface area contributed by atoms with Gasteiger partial charge in [-0.25, -0.2) is 8.78 Å². The SMILES string of the molecule is O=C(CC1CCCC1)N1CCC(N2CC(F)(F)C[C@H]2CO)CC1. The molecule has 2 saturated heterocycles. The van der Waals surface area contributed by atoms with Crippen LogP contribution in [0.2, 0.25) is 0 Å². The van der Waals surface area contributed by atoms with Gasteiger partial charge in [-0.05, 0) is 31.6 Å². The molecule has 0 aromatic rings. The summed E-state index contributed by atoms with van der Waals surface area (Å²) in [6, 6.07) is -0.369. The number of halogens is 2. The molecule has 23 heavy (non-hydrogen) atoms. The standard InChI is InChI=1S/C17H28F2N2O2/c18-17(19)10-15(11-22)21(12-17)14-5-7-20(8-6-14)16(23)9-13-3-1-2-4-13/h13-15,22H,1-12H2/t15-/m0/s1. The fourth-order valence-electron chi connectivity index (χ4n) is 4.56. The highest BCUT2D eigenvalue weighted by atomic mass is 19.3. The molecule has 3 aliphatic rings. The summed E-state index contributed by atoms with van der Waals surface area (Å²) >= 11 is 0. The number of nitrogens with zero attached hydrogens (tertiary/aromatic N) is 2. The van der Waals surface area contributed by atoms with Crippen molar-refractivity contribution < 1.29 is 18.7 Å². The van der Waals surface area contributed by atoms with Crippen LogP contribution in [0.1, 0.15) is 51.4 Å². The molecule has 0 spiro atoms. The summed E-state index contributed by atoms with van der Waals surface area (Å²) in [7, 11) is 0. The Morgan fingerprint density at radius 2 is 1.78 bits per heavy atom. The lowest BCUT2D eigenvalue weighted by molar-refractivity contribution is -0.134. The zero-order chi connectivity index (χ0) is 16.4. The van der Waals surface area contributed by atoms with E-state index in [0.29, 0.717) is 25.4 Å². The van der Waals surface area contributed by atoms with E-state index in [4.69, 9.17) is 0 Å². The lowest BCUT2D eigenvalue weighted by Gasteiger charge is -2.39. The molecule has 0 bridgehead atoms. The third-order valence-electron chi connectivity index (χ3n) is 5.85. The van der Waals surface area contributed by atoms with Crippen LogP contribution in [0, 0.1) is 5.92 Å². The van der Waals surface area contributed by atoms with E-state index in [0.717, 1.165) is 12.8 Å². The summed E-state index contributed by atoms with van der Waals surface area (Å²) in [4.78, 5) is 16.0.